The van der Waals surface area contributed by atoms with E-state index in [-0.39, 0.29) is 11.3 Å². The Morgan fingerprint density at radius 3 is 2.27 bits per heavy atom. The van der Waals surface area contributed by atoms with Crippen LogP contribution in [-0.2, 0) is 14.1 Å². The van der Waals surface area contributed by atoms with Gasteiger partial charge in [-0.15, -0.1) is 0 Å². The van der Waals surface area contributed by atoms with Crippen LogP contribution in [0, 0.1) is 0 Å². The van der Waals surface area contributed by atoms with Crippen LogP contribution >= 0.6 is 0 Å². The topological polar surface area (TPSA) is 81.3 Å². The van der Waals surface area contributed by atoms with E-state index >= 15 is 0 Å². The van der Waals surface area contributed by atoms with Crippen LogP contribution in [0.1, 0.15) is 16.1 Å². The van der Waals surface area contributed by atoms with Gasteiger partial charge in [0.2, 0.25) is 0 Å². The number of aromatic nitrogens is 3. The fraction of sp³-hybridized carbons (Fsp3) is 0.0769. The fourth-order valence-electron chi connectivity index (χ4n) is 4.17. The van der Waals surface area contributed by atoms with E-state index in [9.17, 15) is 9.59 Å². The smallest absolute Gasteiger partial charge is 0.292 e. The maximum absolute atomic E-state index is 12.9. The first-order valence-electron chi connectivity index (χ1n) is 10.5. The SMILES string of the molecule is Cn1nc(C(=O)NN=Cc2c(-c3ccccc3)n(C)c3ccccc23)c2ccccc2c1=O. The molecule has 0 radical (unpaired) electrons. The molecule has 0 atom stereocenters. The number of fused-ring (bicyclic) bond motifs is 2. The standard InChI is InChI=1S/C26H21N5O2/c1-30-22-15-9-8-12-18(22)21(24(30)17-10-4-3-5-11-17)16-27-28-25(32)23-19-13-6-7-14-20(19)26(33)31(2)29-23/h3-16H,1-2H3,(H,28,32). The van der Waals surface area contributed by atoms with Gasteiger partial charge < -0.3 is 4.57 Å². The van der Waals surface area contributed by atoms with Crippen LogP contribution in [0.4, 0.5) is 0 Å². The summed E-state index contributed by atoms with van der Waals surface area (Å²) >= 11 is 0. The number of hydrogen-bond acceptors (Lipinski definition) is 4. The quantitative estimate of drug-likeness (QED) is 0.344. The molecule has 5 aromatic rings. The molecule has 162 valence electrons. The molecular formula is C26H21N5O2. The number of carbonyl (C=O) groups excluding carboxylic acids is 1. The molecule has 0 saturated heterocycles. The van der Waals surface area contributed by atoms with Crippen LogP contribution in [-0.4, -0.2) is 26.5 Å². The molecule has 7 nitrogen and oxygen atoms in total. The number of amides is 1. The minimum absolute atomic E-state index is 0.144. The van der Waals surface area contributed by atoms with Crippen molar-refractivity contribution in [1.82, 2.24) is 19.8 Å². The zero-order valence-electron chi connectivity index (χ0n) is 18.2. The molecule has 0 aliphatic carbocycles. The first-order chi connectivity index (χ1) is 16.1. The lowest BCUT2D eigenvalue weighted by Crippen LogP contribution is -2.27. The summed E-state index contributed by atoms with van der Waals surface area (Å²) in [5, 5.41) is 10.4. The first kappa shape index (κ1) is 20.4. The van der Waals surface area contributed by atoms with Gasteiger partial charge in [0.1, 0.15) is 0 Å². The Morgan fingerprint density at radius 1 is 0.879 bits per heavy atom. The number of para-hydroxylation sites is 1. The van der Waals surface area contributed by atoms with Crippen molar-refractivity contribution in [3.8, 4) is 11.3 Å². The molecular weight excluding hydrogens is 414 g/mol. The van der Waals surface area contributed by atoms with E-state index in [1.165, 1.54) is 11.7 Å². The highest BCUT2D eigenvalue weighted by atomic mass is 16.2. The monoisotopic (exact) mass is 435 g/mol. The Kier molecular flexibility index (Phi) is 5.06. The molecule has 3 aromatic carbocycles. The average molecular weight is 435 g/mol. The predicted octanol–water partition coefficient (Wildman–Crippen LogP) is 3.86. The van der Waals surface area contributed by atoms with E-state index in [2.05, 4.69) is 26.3 Å². The molecule has 0 aliphatic rings. The van der Waals surface area contributed by atoms with Crippen LogP contribution in [0.15, 0.2) is 88.8 Å². The second kappa shape index (κ2) is 8.20. The van der Waals surface area contributed by atoms with E-state index < -0.39 is 5.91 Å². The van der Waals surface area contributed by atoms with Crippen molar-refractivity contribution >= 4 is 33.8 Å². The van der Waals surface area contributed by atoms with Crippen molar-refractivity contribution < 1.29 is 4.79 Å². The Bertz CT molecular complexity index is 1600. The van der Waals surface area contributed by atoms with Gasteiger partial charge in [-0.2, -0.15) is 10.2 Å². The summed E-state index contributed by atoms with van der Waals surface area (Å²) in [5.74, 6) is -0.487. The van der Waals surface area contributed by atoms with E-state index in [0.717, 1.165) is 27.7 Å². The molecule has 5 rings (SSSR count). The van der Waals surface area contributed by atoms with Gasteiger partial charge in [0.15, 0.2) is 5.69 Å². The van der Waals surface area contributed by atoms with E-state index in [0.29, 0.717) is 10.8 Å². The lowest BCUT2D eigenvalue weighted by molar-refractivity contribution is 0.0950. The Balaban J connectivity index is 1.55. The molecule has 0 unspecified atom stereocenters. The number of carbonyl (C=O) groups is 1. The second-order valence-corrected chi connectivity index (χ2v) is 7.73. The van der Waals surface area contributed by atoms with Crippen LogP contribution in [0.2, 0.25) is 0 Å². The largest absolute Gasteiger partial charge is 0.343 e. The number of nitrogens with one attached hydrogen (secondary N) is 1. The van der Waals surface area contributed by atoms with Gasteiger partial charge in [-0.05, 0) is 17.7 Å². The summed E-state index contributed by atoms with van der Waals surface area (Å²) in [7, 11) is 3.54. The van der Waals surface area contributed by atoms with Gasteiger partial charge in [0.25, 0.3) is 11.5 Å². The number of benzene rings is 3. The molecule has 0 saturated carbocycles. The van der Waals surface area contributed by atoms with Gasteiger partial charge in [-0.1, -0.05) is 66.7 Å². The highest BCUT2D eigenvalue weighted by Gasteiger charge is 2.17. The second-order valence-electron chi connectivity index (χ2n) is 7.73. The molecule has 2 heterocycles. The number of hydrazone groups is 1. The highest BCUT2D eigenvalue weighted by Crippen LogP contribution is 2.31. The summed E-state index contributed by atoms with van der Waals surface area (Å²) in [6, 6.07) is 25.0. The zero-order valence-corrected chi connectivity index (χ0v) is 18.2. The summed E-state index contributed by atoms with van der Waals surface area (Å²) in [5.41, 5.74) is 6.49. The van der Waals surface area contributed by atoms with Gasteiger partial charge in [-0.3, -0.25) is 9.59 Å². The summed E-state index contributed by atoms with van der Waals surface area (Å²) < 4.78 is 3.29. The van der Waals surface area contributed by atoms with Crippen molar-refractivity contribution in [3.05, 3.63) is 100 Å². The predicted molar refractivity (Wildman–Crippen MR) is 130 cm³/mol. The van der Waals surface area contributed by atoms with Crippen LogP contribution < -0.4 is 11.0 Å². The van der Waals surface area contributed by atoms with Crippen LogP contribution in [0.5, 0.6) is 0 Å². The minimum atomic E-state index is -0.487. The van der Waals surface area contributed by atoms with Crippen molar-refractivity contribution in [3.63, 3.8) is 0 Å². The Labute approximate surface area is 189 Å². The molecule has 1 N–H and O–H groups in total. The third kappa shape index (κ3) is 3.49. The van der Waals surface area contributed by atoms with Gasteiger partial charge in [0.05, 0.1) is 17.3 Å². The number of nitrogens with zero attached hydrogens (tertiary/aromatic N) is 4. The van der Waals surface area contributed by atoms with Gasteiger partial charge in [0, 0.05) is 35.9 Å². The fourth-order valence-corrected chi connectivity index (χ4v) is 4.17. The summed E-state index contributed by atoms with van der Waals surface area (Å²) in [6.07, 6.45) is 1.66. The number of rotatable bonds is 4. The maximum Gasteiger partial charge on any atom is 0.292 e. The van der Waals surface area contributed by atoms with Crippen LogP contribution in [0.3, 0.4) is 0 Å². The van der Waals surface area contributed by atoms with Crippen molar-refractivity contribution in [2.75, 3.05) is 0 Å². The van der Waals surface area contributed by atoms with E-state index in [1.807, 2.05) is 55.6 Å². The molecule has 7 heteroatoms. The van der Waals surface area contributed by atoms with Gasteiger partial charge >= 0.3 is 0 Å². The van der Waals surface area contributed by atoms with Crippen molar-refractivity contribution in [2.24, 2.45) is 19.2 Å². The van der Waals surface area contributed by atoms with Crippen molar-refractivity contribution in [2.45, 2.75) is 0 Å². The number of aryl methyl sites for hydroxylation is 2. The molecule has 0 spiro atoms. The lowest BCUT2D eigenvalue weighted by atomic mass is 10.1. The Morgan fingerprint density at radius 2 is 1.52 bits per heavy atom. The normalized spacial score (nSPS) is 11.5. The van der Waals surface area contributed by atoms with Crippen LogP contribution in [0.25, 0.3) is 32.9 Å². The van der Waals surface area contributed by atoms with E-state index in [4.69, 9.17) is 0 Å². The molecule has 0 bridgehead atoms. The minimum Gasteiger partial charge on any atom is -0.343 e. The summed E-state index contributed by atoms with van der Waals surface area (Å²) in [6.45, 7) is 0. The lowest BCUT2D eigenvalue weighted by Gasteiger charge is -2.07. The van der Waals surface area contributed by atoms with Crippen molar-refractivity contribution in [1.29, 1.82) is 0 Å². The first-order valence-corrected chi connectivity index (χ1v) is 10.5. The zero-order chi connectivity index (χ0) is 22.9. The van der Waals surface area contributed by atoms with E-state index in [1.54, 1.807) is 30.5 Å². The van der Waals surface area contributed by atoms with Gasteiger partial charge in [-0.25, -0.2) is 10.1 Å². The molecule has 0 aliphatic heterocycles. The third-order valence-corrected chi connectivity index (χ3v) is 5.72. The average Bonchev–Trinajstić information content (AvgIpc) is 3.13. The molecule has 33 heavy (non-hydrogen) atoms. The molecule has 0 fully saturated rings. The maximum atomic E-state index is 12.9. The highest BCUT2D eigenvalue weighted by molar-refractivity contribution is 6.08. The number of hydrogen-bond donors (Lipinski definition) is 1. The summed E-state index contributed by atoms with van der Waals surface area (Å²) in [4.78, 5) is 25.3. The molecule has 2 aromatic heterocycles. The third-order valence-electron chi connectivity index (χ3n) is 5.72. The Hall–Kier alpha value is -4.52. The molecule has 1 amide bonds.